The van der Waals surface area contributed by atoms with E-state index < -0.39 is 23.7 Å². The van der Waals surface area contributed by atoms with Crippen LogP contribution in [0.15, 0.2) is 60.3 Å². The highest BCUT2D eigenvalue weighted by atomic mass is 19.1. The van der Waals surface area contributed by atoms with Crippen LogP contribution in [0, 0.1) is 5.82 Å². The van der Waals surface area contributed by atoms with Crippen LogP contribution in [-0.2, 0) is 16.1 Å². The SMILES string of the molecule is CCN1C(=O)NC(=O)/C(=C\c2cn(CCOc3ccccc3F)c3ccccc23)C1=O. The second-order valence-corrected chi connectivity index (χ2v) is 6.94. The first-order valence-electron chi connectivity index (χ1n) is 9.83. The van der Waals surface area contributed by atoms with Crippen molar-refractivity contribution >= 4 is 34.8 Å². The van der Waals surface area contributed by atoms with Gasteiger partial charge in [-0.2, -0.15) is 0 Å². The van der Waals surface area contributed by atoms with Crippen LogP contribution >= 0.6 is 0 Å². The normalized spacial score (nSPS) is 15.6. The fraction of sp³-hybridized carbons (Fsp3) is 0.174. The predicted octanol–water partition coefficient (Wildman–Crippen LogP) is 3.34. The van der Waals surface area contributed by atoms with Crippen LogP contribution in [0.3, 0.4) is 0 Å². The number of ether oxygens (including phenoxy) is 1. The number of urea groups is 1. The summed E-state index contributed by atoms with van der Waals surface area (Å²) in [6, 6.07) is 13.0. The van der Waals surface area contributed by atoms with Gasteiger partial charge in [0.1, 0.15) is 12.2 Å². The minimum atomic E-state index is -0.723. The second kappa shape index (κ2) is 8.43. The van der Waals surface area contributed by atoms with Gasteiger partial charge in [0.15, 0.2) is 11.6 Å². The first-order valence-corrected chi connectivity index (χ1v) is 9.83. The number of nitrogens with one attached hydrogen (secondary N) is 1. The van der Waals surface area contributed by atoms with E-state index in [0.29, 0.717) is 12.1 Å². The van der Waals surface area contributed by atoms with Crippen LogP contribution in [0.5, 0.6) is 5.75 Å². The summed E-state index contributed by atoms with van der Waals surface area (Å²) in [4.78, 5) is 37.7. The van der Waals surface area contributed by atoms with Gasteiger partial charge in [-0.3, -0.25) is 19.8 Å². The van der Waals surface area contributed by atoms with E-state index in [-0.39, 0.29) is 24.5 Å². The van der Waals surface area contributed by atoms with E-state index in [4.69, 9.17) is 4.74 Å². The average molecular weight is 421 g/mol. The molecular weight excluding hydrogens is 401 g/mol. The van der Waals surface area contributed by atoms with Crippen LogP contribution in [0.1, 0.15) is 12.5 Å². The van der Waals surface area contributed by atoms with E-state index in [1.807, 2.05) is 28.8 Å². The van der Waals surface area contributed by atoms with Crippen molar-refractivity contribution < 1.29 is 23.5 Å². The molecule has 2 heterocycles. The molecule has 0 bridgehead atoms. The maximum absolute atomic E-state index is 13.8. The Morgan fingerprint density at radius 2 is 1.81 bits per heavy atom. The number of carbonyl (C=O) groups is 3. The summed E-state index contributed by atoms with van der Waals surface area (Å²) in [6.07, 6.45) is 3.29. The largest absolute Gasteiger partial charge is 0.489 e. The molecule has 7 nitrogen and oxygen atoms in total. The van der Waals surface area contributed by atoms with Gasteiger partial charge in [0, 0.05) is 29.2 Å². The number of hydrogen-bond donors (Lipinski definition) is 1. The van der Waals surface area contributed by atoms with Crippen molar-refractivity contribution in [1.82, 2.24) is 14.8 Å². The van der Waals surface area contributed by atoms with Crippen molar-refractivity contribution in [3.8, 4) is 5.75 Å². The molecule has 2 aromatic carbocycles. The zero-order valence-corrected chi connectivity index (χ0v) is 16.8. The van der Waals surface area contributed by atoms with E-state index in [1.165, 1.54) is 12.1 Å². The summed E-state index contributed by atoms with van der Waals surface area (Å²) in [5, 5.41) is 3.02. The third-order valence-electron chi connectivity index (χ3n) is 5.05. The summed E-state index contributed by atoms with van der Waals surface area (Å²) in [7, 11) is 0. The van der Waals surface area contributed by atoms with Gasteiger partial charge in [-0.15, -0.1) is 0 Å². The van der Waals surface area contributed by atoms with Gasteiger partial charge in [-0.05, 0) is 31.2 Å². The van der Waals surface area contributed by atoms with Crippen LogP contribution in [0.25, 0.3) is 17.0 Å². The molecule has 0 unspecified atom stereocenters. The monoisotopic (exact) mass is 421 g/mol. The Balaban J connectivity index is 1.63. The van der Waals surface area contributed by atoms with E-state index in [1.54, 1.807) is 31.3 Å². The molecule has 0 radical (unpaired) electrons. The summed E-state index contributed by atoms with van der Waals surface area (Å²) in [6.45, 7) is 2.47. The highest BCUT2D eigenvalue weighted by Gasteiger charge is 2.34. The summed E-state index contributed by atoms with van der Waals surface area (Å²) in [5.74, 6) is -1.60. The third-order valence-corrected chi connectivity index (χ3v) is 5.05. The maximum Gasteiger partial charge on any atom is 0.331 e. The molecule has 0 saturated carbocycles. The number of likely N-dealkylation sites (N-methyl/N-ethyl adjacent to an activating group) is 1. The van der Waals surface area contributed by atoms with E-state index in [0.717, 1.165) is 15.8 Å². The molecule has 1 N–H and O–H groups in total. The van der Waals surface area contributed by atoms with E-state index in [9.17, 15) is 18.8 Å². The van der Waals surface area contributed by atoms with Crippen LogP contribution in [-0.4, -0.2) is 40.5 Å². The van der Waals surface area contributed by atoms with Crippen molar-refractivity contribution in [3.05, 3.63) is 71.7 Å². The lowest BCUT2D eigenvalue weighted by Crippen LogP contribution is -2.53. The Bertz CT molecular complexity index is 1210. The molecule has 1 aliphatic rings. The lowest BCUT2D eigenvalue weighted by molar-refractivity contribution is -0.129. The number of carbonyl (C=O) groups excluding carboxylic acids is 3. The number of nitrogens with zero attached hydrogens (tertiary/aromatic N) is 2. The van der Waals surface area contributed by atoms with Crippen LogP contribution < -0.4 is 10.1 Å². The Hall–Kier alpha value is -3.94. The van der Waals surface area contributed by atoms with Crippen molar-refractivity contribution in [2.45, 2.75) is 13.5 Å². The highest BCUT2D eigenvalue weighted by molar-refractivity contribution is 6.31. The fourth-order valence-corrected chi connectivity index (χ4v) is 3.53. The number of halogens is 1. The minimum Gasteiger partial charge on any atom is -0.489 e. The van der Waals surface area contributed by atoms with Gasteiger partial charge >= 0.3 is 6.03 Å². The molecule has 158 valence electrons. The van der Waals surface area contributed by atoms with E-state index in [2.05, 4.69) is 5.32 Å². The molecule has 0 atom stereocenters. The topological polar surface area (TPSA) is 80.6 Å². The average Bonchev–Trinajstić information content (AvgIpc) is 3.10. The van der Waals surface area contributed by atoms with Gasteiger partial charge in [0.2, 0.25) is 0 Å². The lowest BCUT2D eigenvalue weighted by Gasteiger charge is -2.24. The van der Waals surface area contributed by atoms with Crippen LogP contribution in [0.4, 0.5) is 9.18 Å². The number of para-hydroxylation sites is 2. The Kier molecular flexibility index (Phi) is 5.53. The molecule has 1 fully saturated rings. The second-order valence-electron chi connectivity index (χ2n) is 6.94. The van der Waals surface area contributed by atoms with Crippen molar-refractivity contribution in [3.63, 3.8) is 0 Å². The minimum absolute atomic E-state index is 0.105. The van der Waals surface area contributed by atoms with Gasteiger partial charge in [-0.1, -0.05) is 30.3 Å². The Morgan fingerprint density at radius 1 is 1.06 bits per heavy atom. The first-order chi connectivity index (χ1) is 15.0. The van der Waals surface area contributed by atoms with Gasteiger partial charge < -0.3 is 9.30 Å². The molecular formula is C23H20FN3O4. The molecule has 0 spiro atoms. The number of aromatic nitrogens is 1. The number of hydrogen-bond acceptors (Lipinski definition) is 4. The van der Waals surface area contributed by atoms with E-state index >= 15 is 0 Å². The number of benzene rings is 2. The highest BCUT2D eigenvalue weighted by Crippen LogP contribution is 2.25. The summed E-state index contributed by atoms with van der Waals surface area (Å²) >= 11 is 0. The number of fused-ring (bicyclic) bond motifs is 1. The zero-order valence-electron chi connectivity index (χ0n) is 16.8. The predicted molar refractivity (Wildman–Crippen MR) is 113 cm³/mol. The Morgan fingerprint density at radius 3 is 2.58 bits per heavy atom. The smallest absolute Gasteiger partial charge is 0.331 e. The van der Waals surface area contributed by atoms with Crippen molar-refractivity contribution in [2.75, 3.05) is 13.2 Å². The molecule has 1 aromatic heterocycles. The number of amides is 4. The molecule has 0 aliphatic carbocycles. The molecule has 8 heteroatoms. The number of barbiturate groups is 1. The van der Waals surface area contributed by atoms with Gasteiger partial charge in [0.05, 0.1) is 6.54 Å². The molecule has 3 aromatic rings. The molecule has 4 rings (SSSR count). The molecule has 31 heavy (non-hydrogen) atoms. The quantitative estimate of drug-likeness (QED) is 0.489. The molecule has 4 amide bonds. The van der Waals surface area contributed by atoms with Gasteiger partial charge in [0.25, 0.3) is 11.8 Å². The molecule has 1 aliphatic heterocycles. The fourth-order valence-electron chi connectivity index (χ4n) is 3.53. The molecule has 1 saturated heterocycles. The standard InChI is InChI=1S/C23H20FN3O4/c1-2-27-22(29)17(21(28)25-23(27)30)13-15-14-26(19-9-5-3-7-16(15)19)11-12-31-20-10-6-4-8-18(20)24/h3-10,13-14H,2,11-12H2,1H3,(H,25,28,30)/b17-13+. The lowest BCUT2D eigenvalue weighted by atomic mass is 10.1. The zero-order chi connectivity index (χ0) is 22.0. The maximum atomic E-state index is 13.8. The van der Waals surface area contributed by atoms with Gasteiger partial charge in [-0.25, -0.2) is 9.18 Å². The van der Waals surface area contributed by atoms with Crippen molar-refractivity contribution in [1.29, 1.82) is 0 Å². The first kappa shape index (κ1) is 20.3. The number of rotatable bonds is 6. The summed E-state index contributed by atoms with van der Waals surface area (Å²) < 4.78 is 21.2. The van der Waals surface area contributed by atoms with Crippen molar-refractivity contribution in [2.24, 2.45) is 0 Å². The Labute approximate surface area is 177 Å². The number of imide groups is 2. The third kappa shape index (κ3) is 3.92. The van der Waals surface area contributed by atoms with Crippen LogP contribution in [0.2, 0.25) is 0 Å². The summed E-state index contributed by atoms with van der Waals surface area (Å²) in [5.41, 5.74) is 1.43.